The second-order valence-corrected chi connectivity index (χ2v) is 9.19. The van der Waals surface area contributed by atoms with E-state index in [0.717, 1.165) is 29.0 Å². The second-order valence-electron chi connectivity index (χ2n) is 8.75. The molecule has 2 aliphatic heterocycles. The van der Waals surface area contributed by atoms with Crippen LogP contribution in [-0.4, -0.2) is 44.9 Å². The van der Waals surface area contributed by atoms with E-state index in [0.29, 0.717) is 23.7 Å². The predicted molar refractivity (Wildman–Crippen MR) is 128 cm³/mol. The Labute approximate surface area is 193 Å². The molecule has 0 fully saturated rings. The highest BCUT2D eigenvalue weighted by Crippen LogP contribution is 2.40. The Morgan fingerprint density at radius 3 is 2.66 bits per heavy atom. The van der Waals surface area contributed by atoms with Gasteiger partial charge >= 0.3 is 5.97 Å². The fourth-order valence-corrected chi connectivity index (χ4v) is 4.95. The van der Waals surface area contributed by atoms with Crippen LogP contribution < -0.4 is 0 Å². The number of aromatic nitrogens is 2. The van der Waals surface area contributed by atoms with Crippen molar-refractivity contribution in [2.45, 2.75) is 52.0 Å². The third-order valence-electron chi connectivity index (χ3n) is 6.81. The van der Waals surface area contributed by atoms with Gasteiger partial charge in [-0.05, 0) is 49.3 Å². The van der Waals surface area contributed by atoms with Gasteiger partial charge in [-0.25, -0.2) is 0 Å². The minimum Gasteiger partial charge on any atom is -0.481 e. The lowest BCUT2D eigenvalue weighted by molar-refractivity contribution is -0.137. The van der Waals surface area contributed by atoms with Crippen molar-refractivity contribution in [3.05, 3.63) is 63.5 Å². The molecule has 3 unspecified atom stereocenters. The van der Waals surface area contributed by atoms with E-state index in [1.165, 1.54) is 11.1 Å². The fourth-order valence-electron chi connectivity index (χ4n) is 4.82. The first-order valence-corrected chi connectivity index (χ1v) is 11.5. The number of halogens is 1. The Morgan fingerprint density at radius 1 is 1.28 bits per heavy atom. The highest BCUT2D eigenvalue weighted by Gasteiger charge is 2.35. The summed E-state index contributed by atoms with van der Waals surface area (Å²) in [5.74, 6) is -0.449. The number of aryl methyl sites for hydroxylation is 1. The minimum absolute atomic E-state index is 0.0939. The van der Waals surface area contributed by atoms with E-state index in [1.807, 2.05) is 36.0 Å². The van der Waals surface area contributed by atoms with Crippen LogP contribution in [0.4, 0.5) is 0 Å². The molecular formula is C25H29ClN4O2. The number of allylic oxidation sites excluding steroid dienone is 1. The van der Waals surface area contributed by atoms with Gasteiger partial charge in [-0.3, -0.25) is 19.5 Å². The van der Waals surface area contributed by atoms with Crippen LogP contribution in [0.3, 0.4) is 0 Å². The molecule has 0 spiro atoms. The Bertz CT molecular complexity index is 1130. The lowest BCUT2D eigenvalue weighted by atomic mass is 9.75. The number of rotatable bonds is 4. The molecule has 2 aromatic rings. The summed E-state index contributed by atoms with van der Waals surface area (Å²) in [6, 6.07) is 6.96. The van der Waals surface area contributed by atoms with Crippen molar-refractivity contribution in [2.24, 2.45) is 23.0 Å². The van der Waals surface area contributed by atoms with Crippen LogP contribution in [-0.2, 0) is 11.8 Å². The summed E-state index contributed by atoms with van der Waals surface area (Å²) < 4.78 is 1.83. The van der Waals surface area contributed by atoms with Crippen LogP contribution in [0.5, 0.6) is 0 Å². The van der Waals surface area contributed by atoms with Crippen LogP contribution in [0.15, 0.2) is 51.6 Å². The number of nitrogens with zero attached hydrogens (tertiary/aromatic N) is 4. The van der Waals surface area contributed by atoms with Gasteiger partial charge in [0.2, 0.25) is 0 Å². The lowest BCUT2D eigenvalue weighted by Crippen LogP contribution is -2.32. The maximum atomic E-state index is 11.8. The average Bonchev–Trinajstić information content (AvgIpc) is 3.12. The normalized spacial score (nSPS) is 23.3. The molecule has 168 valence electrons. The maximum absolute atomic E-state index is 11.8. The fraction of sp³-hybridized carbons (Fsp3) is 0.440. The highest BCUT2D eigenvalue weighted by atomic mass is 35.5. The molecule has 1 aromatic carbocycles. The van der Waals surface area contributed by atoms with Gasteiger partial charge in [0.05, 0.1) is 24.7 Å². The number of aliphatic carboxylic acids is 1. The van der Waals surface area contributed by atoms with Crippen molar-refractivity contribution >= 4 is 29.0 Å². The molecular weight excluding hydrogens is 424 g/mol. The summed E-state index contributed by atoms with van der Waals surface area (Å²) in [5, 5.41) is 15.1. The van der Waals surface area contributed by atoms with Crippen molar-refractivity contribution in [1.82, 2.24) is 9.78 Å². The number of hydrogen-bond acceptors (Lipinski definition) is 4. The van der Waals surface area contributed by atoms with Crippen molar-refractivity contribution in [2.75, 3.05) is 6.54 Å². The van der Waals surface area contributed by atoms with Crippen LogP contribution >= 0.6 is 11.6 Å². The Kier molecular flexibility index (Phi) is 6.33. The van der Waals surface area contributed by atoms with Gasteiger partial charge in [-0.2, -0.15) is 5.10 Å². The van der Waals surface area contributed by atoms with Crippen molar-refractivity contribution in [3.8, 4) is 0 Å². The van der Waals surface area contributed by atoms with Crippen LogP contribution in [0.25, 0.3) is 0 Å². The molecule has 0 aliphatic carbocycles. The molecule has 4 rings (SSSR count). The number of carbonyl (C=O) groups is 1. The van der Waals surface area contributed by atoms with E-state index < -0.39 is 12.0 Å². The largest absolute Gasteiger partial charge is 0.481 e. The number of fused-ring (bicyclic) bond motifs is 4. The molecule has 6 nitrogen and oxygen atoms in total. The van der Waals surface area contributed by atoms with E-state index in [9.17, 15) is 9.90 Å². The number of aliphatic imine (C=N–C) groups is 2. The molecule has 0 saturated carbocycles. The molecule has 3 atom stereocenters. The number of benzene rings is 1. The molecule has 2 aliphatic rings. The monoisotopic (exact) mass is 452 g/mol. The Hall–Kier alpha value is -2.73. The predicted octanol–water partition coefficient (Wildman–Crippen LogP) is 5.06. The molecule has 7 heteroatoms. The maximum Gasteiger partial charge on any atom is 0.305 e. The standard InChI is InChI=1S/C25H29ClN4O2/c1-5-16-12-27-21-10-19(15(3)14(16)2)20-13-30(4)29-25(20)24(28-22(21)11-23(31)32)17-6-8-18(26)9-7-17/h6-9,13,15,19,22H,5,10-12H2,1-4H3,(H,31,32). The van der Waals surface area contributed by atoms with Gasteiger partial charge in [-0.1, -0.05) is 43.2 Å². The van der Waals surface area contributed by atoms with Gasteiger partial charge in [0, 0.05) is 35.1 Å². The first-order chi connectivity index (χ1) is 15.3. The third-order valence-corrected chi connectivity index (χ3v) is 7.06. The summed E-state index contributed by atoms with van der Waals surface area (Å²) in [6.45, 7) is 7.24. The summed E-state index contributed by atoms with van der Waals surface area (Å²) in [7, 11) is 1.92. The molecule has 3 heterocycles. The van der Waals surface area contributed by atoms with Crippen LogP contribution in [0.2, 0.25) is 5.02 Å². The highest BCUT2D eigenvalue weighted by molar-refractivity contribution is 6.30. The molecule has 2 bridgehead atoms. The molecule has 1 N–H and O–H groups in total. The lowest BCUT2D eigenvalue weighted by Gasteiger charge is -2.32. The van der Waals surface area contributed by atoms with Gasteiger partial charge in [0.25, 0.3) is 0 Å². The number of carboxylic acid groups (broad SMARTS) is 1. The summed E-state index contributed by atoms with van der Waals surface area (Å²) in [6.07, 6.45) is 3.60. The summed E-state index contributed by atoms with van der Waals surface area (Å²) >= 11 is 6.13. The Morgan fingerprint density at radius 2 is 2.00 bits per heavy atom. The van der Waals surface area contributed by atoms with Gasteiger partial charge in [0.15, 0.2) is 0 Å². The van der Waals surface area contributed by atoms with E-state index in [2.05, 4.69) is 27.0 Å². The molecule has 32 heavy (non-hydrogen) atoms. The third kappa shape index (κ3) is 4.29. The van der Waals surface area contributed by atoms with Gasteiger partial charge in [0.1, 0.15) is 5.69 Å². The van der Waals surface area contributed by atoms with E-state index in [-0.39, 0.29) is 18.3 Å². The van der Waals surface area contributed by atoms with Crippen LogP contribution in [0.1, 0.15) is 62.8 Å². The second kappa shape index (κ2) is 9.02. The zero-order valence-electron chi connectivity index (χ0n) is 19.0. The smallest absolute Gasteiger partial charge is 0.305 e. The van der Waals surface area contributed by atoms with Gasteiger partial charge < -0.3 is 5.11 Å². The SMILES string of the molecule is CCC1=C(C)C(C)C2CC(=NC1)C(CC(=O)O)N=C(c1ccc(Cl)cc1)c1nn(C)cc12. The zero-order chi connectivity index (χ0) is 23.0. The van der Waals surface area contributed by atoms with Crippen molar-refractivity contribution in [3.63, 3.8) is 0 Å². The molecule has 0 radical (unpaired) electrons. The van der Waals surface area contributed by atoms with Crippen molar-refractivity contribution in [1.29, 1.82) is 0 Å². The van der Waals surface area contributed by atoms with E-state index in [1.54, 1.807) is 0 Å². The first kappa shape index (κ1) is 22.5. The quantitative estimate of drug-likeness (QED) is 0.658. The number of hydrogen-bond donors (Lipinski definition) is 1. The molecule has 1 aromatic heterocycles. The topological polar surface area (TPSA) is 79.8 Å². The molecule has 0 saturated heterocycles. The minimum atomic E-state index is -0.882. The van der Waals surface area contributed by atoms with Crippen LogP contribution in [0, 0.1) is 5.92 Å². The zero-order valence-corrected chi connectivity index (χ0v) is 19.7. The number of carboxylic acids is 1. The Balaban J connectivity index is 1.98. The first-order valence-electron chi connectivity index (χ1n) is 11.1. The average molecular weight is 453 g/mol. The van der Waals surface area contributed by atoms with Crippen molar-refractivity contribution < 1.29 is 9.90 Å². The summed E-state index contributed by atoms with van der Waals surface area (Å²) in [5.41, 5.74) is 7.07. The molecule has 0 amide bonds. The summed E-state index contributed by atoms with van der Waals surface area (Å²) in [4.78, 5) is 21.7. The van der Waals surface area contributed by atoms with Gasteiger partial charge in [-0.15, -0.1) is 0 Å². The van der Waals surface area contributed by atoms with E-state index in [4.69, 9.17) is 26.7 Å². The van der Waals surface area contributed by atoms with E-state index >= 15 is 0 Å².